The van der Waals surface area contributed by atoms with E-state index in [1.807, 2.05) is 0 Å². The summed E-state index contributed by atoms with van der Waals surface area (Å²) in [7, 11) is 0.984. The van der Waals surface area contributed by atoms with Crippen molar-refractivity contribution >= 4 is 15.9 Å². The van der Waals surface area contributed by atoms with Crippen molar-refractivity contribution < 1.29 is 17.6 Å². The van der Waals surface area contributed by atoms with Gasteiger partial charge in [-0.2, -0.15) is 0 Å². The predicted octanol–water partition coefficient (Wildman–Crippen LogP) is 1.19. The number of hydrogen-bond donors (Lipinski definition) is 1. The van der Waals surface area contributed by atoms with Gasteiger partial charge >= 0.3 is 0 Å². The lowest BCUT2D eigenvalue weighted by Crippen LogP contribution is -2.48. The first kappa shape index (κ1) is 17.4. The first-order valence-corrected chi connectivity index (χ1v) is 9.70. The van der Waals surface area contributed by atoms with Gasteiger partial charge in [0.05, 0.1) is 5.56 Å². The maximum Gasteiger partial charge on any atom is 0.275 e. The second-order valence-corrected chi connectivity index (χ2v) is 9.08. The Balaban J connectivity index is 1.81. The van der Waals surface area contributed by atoms with Crippen LogP contribution in [0.3, 0.4) is 0 Å². The standard InChI is InChI=1S/C16H25N3O4S/c1-10-14(9-15(23-10)24(21,22)18(2)3)16(20)19(4)13-7-11-5-6-12(8-13)17-11/h9,11-13,17H,5-8H2,1-4H3. The number of carbonyl (C=O) groups excluding carboxylic acids is 1. The summed E-state index contributed by atoms with van der Waals surface area (Å²) >= 11 is 0. The van der Waals surface area contributed by atoms with E-state index in [1.165, 1.54) is 33.0 Å². The molecule has 0 radical (unpaired) electrons. The topological polar surface area (TPSA) is 82.9 Å². The van der Waals surface area contributed by atoms with Crippen LogP contribution < -0.4 is 5.32 Å². The highest BCUT2D eigenvalue weighted by Gasteiger charge is 2.37. The number of fused-ring (bicyclic) bond motifs is 2. The SMILES string of the molecule is Cc1oc(S(=O)(=O)N(C)C)cc1C(=O)N(C)C1CC2CCC(C1)N2. The van der Waals surface area contributed by atoms with Crippen LogP contribution in [0.1, 0.15) is 41.8 Å². The number of piperidine rings is 1. The molecule has 1 amide bonds. The second-order valence-electron chi connectivity index (χ2n) is 7.00. The van der Waals surface area contributed by atoms with E-state index >= 15 is 0 Å². The summed E-state index contributed by atoms with van der Waals surface area (Å²) in [5, 5.41) is 3.37. The van der Waals surface area contributed by atoms with Gasteiger partial charge in [0.15, 0.2) is 0 Å². The van der Waals surface area contributed by atoms with E-state index < -0.39 is 10.0 Å². The van der Waals surface area contributed by atoms with E-state index in [0.717, 1.165) is 17.1 Å². The summed E-state index contributed by atoms with van der Waals surface area (Å²) < 4.78 is 30.8. The molecule has 0 saturated carbocycles. The van der Waals surface area contributed by atoms with E-state index in [9.17, 15) is 13.2 Å². The molecule has 2 saturated heterocycles. The zero-order valence-corrected chi connectivity index (χ0v) is 15.4. The molecule has 2 aliphatic heterocycles. The number of nitrogens with zero attached hydrogens (tertiary/aromatic N) is 2. The molecule has 2 atom stereocenters. The van der Waals surface area contributed by atoms with Crippen molar-refractivity contribution in [2.45, 2.75) is 55.8 Å². The largest absolute Gasteiger partial charge is 0.448 e. The molecule has 24 heavy (non-hydrogen) atoms. The van der Waals surface area contributed by atoms with Crippen molar-refractivity contribution in [2.75, 3.05) is 21.1 Å². The molecule has 2 aliphatic rings. The highest BCUT2D eigenvalue weighted by Crippen LogP contribution is 2.30. The van der Waals surface area contributed by atoms with Crippen LogP contribution in [0.25, 0.3) is 0 Å². The van der Waals surface area contributed by atoms with Crippen molar-refractivity contribution in [2.24, 2.45) is 0 Å². The average Bonchev–Trinajstić information content (AvgIpc) is 3.08. The van der Waals surface area contributed by atoms with Gasteiger partial charge in [-0.05, 0) is 32.6 Å². The summed E-state index contributed by atoms with van der Waals surface area (Å²) in [5.74, 6) is 0.159. The minimum atomic E-state index is -3.68. The number of amides is 1. The lowest BCUT2D eigenvalue weighted by atomic mass is 9.98. The first-order valence-electron chi connectivity index (χ1n) is 8.26. The minimum absolute atomic E-state index is 0.178. The fraction of sp³-hybridized carbons (Fsp3) is 0.688. The first-order chi connectivity index (χ1) is 11.2. The summed E-state index contributed by atoms with van der Waals surface area (Å²) in [6.07, 6.45) is 4.22. The number of carbonyl (C=O) groups is 1. The van der Waals surface area contributed by atoms with E-state index in [0.29, 0.717) is 23.4 Å². The Kier molecular flexibility index (Phi) is 4.48. The number of hydrogen-bond acceptors (Lipinski definition) is 5. The van der Waals surface area contributed by atoms with Gasteiger partial charge in [0.25, 0.3) is 15.9 Å². The van der Waals surface area contributed by atoms with Crippen molar-refractivity contribution in [1.82, 2.24) is 14.5 Å². The van der Waals surface area contributed by atoms with Gasteiger partial charge in [-0.15, -0.1) is 0 Å². The minimum Gasteiger partial charge on any atom is -0.448 e. The molecule has 2 fully saturated rings. The van der Waals surface area contributed by atoms with Crippen LogP contribution in [-0.4, -0.2) is 62.8 Å². The van der Waals surface area contributed by atoms with Crippen molar-refractivity contribution in [3.8, 4) is 0 Å². The van der Waals surface area contributed by atoms with Crippen molar-refractivity contribution in [3.63, 3.8) is 0 Å². The fourth-order valence-electron chi connectivity index (χ4n) is 3.67. The lowest BCUT2D eigenvalue weighted by molar-refractivity contribution is 0.0680. The molecule has 3 heterocycles. The average molecular weight is 355 g/mol. The molecule has 2 bridgehead atoms. The fourth-order valence-corrected chi connectivity index (χ4v) is 4.53. The number of furan rings is 1. The quantitative estimate of drug-likeness (QED) is 0.877. The monoisotopic (exact) mass is 355 g/mol. The van der Waals surface area contributed by atoms with E-state index in [1.54, 1.807) is 18.9 Å². The zero-order chi connectivity index (χ0) is 17.6. The molecule has 8 heteroatoms. The Morgan fingerprint density at radius 1 is 1.21 bits per heavy atom. The zero-order valence-electron chi connectivity index (χ0n) is 14.6. The summed E-state index contributed by atoms with van der Waals surface area (Å²) in [4.78, 5) is 14.6. The van der Waals surface area contributed by atoms with Crippen LogP contribution in [0.2, 0.25) is 0 Å². The third-order valence-electron chi connectivity index (χ3n) is 5.18. The van der Waals surface area contributed by atoms with Gasteiger partial charge in [-0.3, -0.25) is 4.79 Å². The van der Waals surface area contributed by atoms with Gasteiger partial charge < -0.3 is 14.6 Å². The third-order valence-corrected chi connectivity index (χ3v) is 6.85. The van der Waals surface area contributed by atoms with Crippen LogP contribution in [-0.2, 0) is 10.0 Å². The number of sulfonamides is 1. The van der Waals surface area contributed by atoms with Gasteiger partial charge in [0.1, 0.15) is 5.76 Å². The summed E-state index contributed by atoms with van der Waals surface area (Å²) in [6, 6.07) is 2.50. The number of rotatable bonds is 4. The molecule has 7 nitrogen and oxygen atoms in total. The van der Waals surface area contributed by atoms with Gasteiger partial charge in [0, 0.05) is 45.3 Å². The molecule has 1 N–H and O–H groups in total. The van der Waals surface area contributed by atoms with Crippen LogP contribution in [0.15, 0.2) is 15.6 Å². The maximum atomic E-state index is 12.8. The van der Waals surface area contributed by atoms with Crippen molar-refractivity contribution in [1.29, 1.82) is 0 Å². The molecule has 0 aliphatic carbocycles. The van der Waals surface area contributed by atoms with E-state index in [-0.39, 0.29) is 17.0 Å². The number of aryl methyl sites for hydroxylation is 1. The summed E-state index contributed by atoms with van der Waals surface area (Å²) in [6.45, 7) is 1.63. The lowest BCUT2D eigenvalue weighted by Gasteiger charge is -2.35. The van der Waals surface area contributed by atoms with E-state index in [4.69, 9.17) is 4.42 Å². The van der Waals surface area contributed by atoms with Crippen LogP contribution in [0.5, 0.6) is 0 Å². The van der Waals surface area contributed by atoms with Gasteiger partial charge in [-0.1, -0.05) is 0 Å². The number of nitrogens with one attached hydrogen (secondary N) is 1. The Morgan fingerprint density at radius 3 is 2.33 bits per heavy atom. The maximum absolute atomic E-state index is 12.8. The Hall–Kier alpha value is -1.38. The molecular weight excluding hydrogens is 330 g/mol. The molecule has 0 spiro atoms. The highest BCUT2D eigenvalue weighted by molar-refractivity contribution is 7.88. The molecule has 134 valence electrons. The third kappa shape index (κ3) is 2.98. The predicted molar refractivity (Wildman–Crippen MR) is 89.4 cm³/mol. The molecule has 1 aromatic rings. The van der Waals surface area contributed by atoms with Gasteiger partial charge in [-0.25, -0.2) is 12.7 Å². The smallest absolute Gasteiger partial charge is 0.275 e. The normalized spacial score (nSPS) is 26.8. The summed E-state index contributed by atoms with van der Waals surface area (Å²) in [5.41, 5.74) is 0.323. The Morgan fingerprint density at radius 2 is 1.79 bits per heavy atom. The Labute approximate surface area is 143 Å². The van der Waals surface area contributed by atoms with Crippen molar-refractivity contribution in [3.05, 3.63) is 17.4 Å². The van der Waals surface area contributed by atoms with Crippen LogP contribution in [0.4, 0.5) is 0 Å². The Bertz CT molecular complexity index is 729. The highest BCUT2D eigenvalue weighted by atomic mass is 32.2. The molecule has 1 aromatic heterocycles. The van der Waals surface area contributed by atoms with Gasteiger partial charge in [0.2, 0.25) is 5.09 Å². The van der Waals surface area contributed by atoms with Crippen LogP contribution >= 0.6 is 0 Å². The second kappa shape index (κ2) is 6.16. The molecule has 0 aromatic carbocycles. The van der Waals surface area contributed by atoms with Crippen LogP contribution in [0, 0.1) is 6.92 Å². The van der Waals surface area contributed by atoms with E-state index in [2.05, 4.69) is 5.32 Å². The molecular formula is C16H25N3O4S. The molecule has 2 unspecified atom stereocenters. The molecule has 3 rings (SSSR count).